The zero-order valence-corrected chi connectivity index (χ0v) is 11.5. The zero-order chi connectivity index (χ0) is 14.5. The Bertz CT molecular complexity index is 648. The largest absolute Gasteiger partial charge is 0.461 e. The van der Waals surface area contributed by atoms with E-state index in [-0.39, 0.29) is 17.3 Å². The maximum Gasteiger partial charge on any atom is 0.357 e. The predicted molar refractivity (Wildman–Crippen MR) is 73.2 cm³/mol. The summed E-state index contributed by atoms with van der Waals surface area (Å²) < 4.78 is 4.78. The fourth-order valence-electron chi connectivity index (χ4n) is 1.49. The van der Waals surface area contributed by atoms with Crippen molar-refractivity contribution in [1.82, 2.24) is 4.98 Å². The number of carbonyl (C=O) groups is 3. The molecule has 0 bridgehead atoms. The number of rotatable bonds is 5. The van der Waals surface area contributed by atoms with Gasteiger partial charge >= 0.3 is 5.97 Å². The summed E-state index contributed by atoms with van der Waals surface area (Å²) in [5.41, 5.74) is 0.339. The Hall–Kier alpha value is -2.34. The quantitative estimate of drug-likeness (QED) is 0.480. The van der Waals surface area contributed by atoms with E-state index >= 15 is 0 Å². The summed E-state index contributed by atoms with van der Waals surface area (Å²) in [7, 11) is 0. The molecule has 2 rings (SSSR count). The van der Waals surface area contributed by atoms with Gasteiger partial charge in [-0.1, -0.05) is 30.3 Å². The molecule has 0 atom stereocenters. The Morgan fingerprint density at radius 3 is 2.50 bits per heavy atom. The van der Waals surface area contributed by atoms with Gasteiger partial charge in [-0.2, -0.15) is 0 Å². The summed E-state index contributed by atoms with van der Waals surface area (Å²) in [6, 6.07) is 8.21. The average molecular weight is 289 g/mol. The van der Waals surface area contributed by atoms with Gasteiger partial charge in [0.2, 0.25) is 5.78 Å². The summed E-state index contributed by atoms with van der Waals surface area (Å²) in [5.74, 6) is -1.97. The van der Waals surface area contributed by atoms with Gasteiger partial charge in [0.15, 0.2) is 10.7 Å². The molecule has 0 spiro atoms. The van der Waals surface area contributed by atoms with Crippen LogP contribution in [0.5, 0.6) is 0 Å². The van der Waals surface area contributed by atoms with Crippen molar-refractivity contribution in [2.45, 2.75) is 6.92 Å². The smallest absolute Gasteiger partial charge is 0.357 e. The molecule has 1 aromatic heterocycles. The van der Waals surface area contributed by atoms with Gasteiger partial charge in [-0.3, -0.25) is 9.59 Å². The maximum absolute atomic E-state index is 12.0. The molecule has 0 fully saturated rings. The van der Waals surface area contributed by atoms with Crippen LogP contribution in [0.1, 0.15) is 37.6 Å². The number of nitrogens with zero attached hydrogens (tertiary/aromatic N) is 1. The van der Waals surface area contributed by atoms with Gasteiger partial charge in [-0.15, -0.1) is 11.3 Å². The summed E-state index contributed by atoms with van der Waals surface area (Å²) >= 11 is 0.953. The first kappa shape index (κ1) is 14.1. The maximum atomic E-state index is 12.0. The predicted octanol–water partition coefficient (Wildman–Crippen LogP) is 2.39. The van der Waals surface area contributed by atoms with E-state index in [1.165, 1.54) is 5.38 Å². The number of hydrogen-bond acceptors (Lipinski definition) is 6. The first-order valence-electron chi connectivity index (χ1n) is 5.90. The number of thiazole rings is 1. The lowest BCUT2D eigenvalue weighted by Gasteiger charge is -1.97. The molecule has 0 saturated carbocycles. The van der Waals surface area contributed by atoms with E-state index in [1.54, 1.807) is 37.3 Å². The molecule has 0 radical (unpaired) electrons. The van der Waals surface area contributed by atoms with Gasteiger partial charge in [0, 0.05) is 10.9 Å². The van der Waals surface area contributed by atoms with Crippen molar-refractivity contribution in [1.29, 1.82) is 0 Å². The molecule has 6 heteroatoms. The van der Waals surface area contributed by atoms with E-state index in [2.05, 4.69) is 4.98 Å². The number of Topliss-reactive ketones (excluding diaryl/α,β-unsaturated/α-hetero) is 2. The van der Waals surface area contributed by atoms with E-state index in [0.717, 1.165) is 11.3 Å². The van der Waals surface area contributed by atoms with Crippen LogP contribution in [0.15, 0.2) is 35.7 Å². The SMILES string of the molecule is CCOC(=O)c1csc(C(=O)C(=O)c2ccccc2)n1. The van der Waals surface area contributed by atoms with Gasteiger partial charge in [-0.05, 0) is 6.92 Å². The normalized spacial score (nSPS) is 10.1. The molecule has 0 unspecified atom stereocenters. The summed E-state index contributed by atoms with van der Waals surface area (Å²) in [5, 5.41) is 1.39. The van der Waals surface area contributed by atoms with Crippen molar-refractivity contribution in [3.8, 4) is 0 Å². The Kier molecular flexibility index (Phi) is 4.37. The zero-order valence-electron chi connectivity index (χ0n) is 10.7. The minimum Gasteiger partial charge on any atom is -0.461 e. The van der Waals surface area contributed by atoms with Gasteiger partial charge in [-0.25, -0.2) is 9.78 Å². The summed E-state index contributed by atoms with van der Waals surface area (Å²) in [6.07, 6.45) is 0. The molecule has 0 saturated heterocycles. The molecule has 20 heavy (non-hydrogen) atoms. The van der Waals surface area contributed by atoms with Crippen molar-refractivity contribution >= 4 is 28.9 Å². The number of carbonyl (C=O) groups excluding carboxylic acids is 3. The first-order chi connectivity index (χ1) is 9.63. The van der Waals surface area contributed by atoms with Crippen LogP contribution in [0.2, 0.25) is 0 Å². The molecule has 0 N–H and O–H groups in total. The standard InChI is InChI=1S/C14H11NO4S/c1-2-19-14(18)10-8-20-13(15-10)12(17)11(16)9-6-4-3-5-7-9/h3-8H,2H2,1H3. The summed E-state index contributed by atoms with van der Waals surface area (Å²) in [6.45, 7) is 1.90. The van der Waals surface area contributed by atoms with Gasteiger partial charge in [0.1, 0.15) is 0 Å². The van der Waals surface area contributed by atoms with Crippen molar-refractivity contribution in [3.05, 3.63) is 52.0 Å². The van der Waals surface area contributed by atoms with Crippen LogP contribution in [0, 0.1) is 0 Å². The van der Waals surface area contributed by atoms with Crippen molar-refractivity contribution in [2.24, 2.45) is 0 Å². The Balaban J connectivity index is 2.18. The fraction of sp³-hybridized carbons (Fsp3) is 0.143. The number of ether oxygens (including phenoxy) is 1. The Morgan fingerprint density at radius 2 is 1.85 bits per heavy atom. The van der Waals surface area contributed by atoms with Crippen LogP contribution in [0.25, 0.3) is 0 Å². The highest BCUT2D eigenvalue weighted by Gasteiger charge is 2.23. The topological polar surface area (TPSA) is 73.3 Å². The van der Waals surface area contributed by atoms with E-state index in [9.17, 15) is 14.4 Å². The molecule has 102 valence electrons. The van der Waals surface area contributed by atoms with Crippen LogP contribution in [-0.4, -0.2) is 29.1 Å². The molecule has 5 nitrogen and oxygen atoms in total. The van der Waals surface area contributed by atoms with Gasteiger partial charge in [0.05, 0.1) is 6.61 Å². The fourth-order valence-corrected chi connectivity index (χ4v) is 2.22. The second kappa shape index (κ2) is 6.21. The number of aromatic nitrogens is 1. The number of esters is 1. The number of ketones is 2. The Labute approximate surface area is 119 Å². The van der Waals surface area contributed by atoms with E-state index < -0.39 is 17.5 Å². The molecule has 0 aliphatic heterocycles. The van der Waals surface area contributed by atoms with Crippen LogP contribution in [0.3, 0.4) is 0 Å². The molecule has 0 amide bonds. The number of benzene rings is 1. The van der Waals surface area contributed by atoms with Crippen molar-refractivity contribution in [2.75, 3.05) is 6.61 Å². The highest BCUT2D eigenvalue weighted by Crippen LogP contribution is 2.14. The Morgan fingerprint density at radius 1 is 1.15 bits per heavy atom. The molecule has 0 aliphatic carbocycles. The molecular formula is C14H11NO4S. The third-order valence-corrected chi connectivity index (χ3v) is 3.27. The van der Waals surface area contributed by atoms with E-state index in [0.29, 0.717) is 5.56 Å². The molecule has 1 aromatic carbocycles. The van der Waals surface area contributed by atoms with Crippen LogP contribution in [-0.2, 0) is 4.74 Å². The third kappa shape index (κ3) is 2.97. The number of hydrogen-bond donors (Lipinski definition) is 0. The second-order valence-corrected chi connectivity index (χ2v) is 4.64. The van der Waals surface area contributed by atoms with Crippen molar-refractivity contribution < 1.29 is 19.1 Å². The van der Waals surface area contributed by atoms with Crippen LogP contribution < -0.4 is 0 Å². The van der Waals surface area contributed by atoms with Crippen LogP contribution in [0.4, 0.5) is 0 Å². The highest BCUT2D eigenvalue weighted by atomic mass is 32.1. The summed E-state index contributed by atoms with van der Waals surface area (Å²) in [4.78, 5) is 39.2. The molecular weight excluding hydrogens is 278 g/mol. The molecule has 1 heterocycles. The van der Waals surface area contributed by atoms with E-state index in [4.69, 9.17) is 4.74 Å². The van der Waals surface area contributed by atoms with Crippen molar-refractivity contribution in [3.63, 3.8) is 0 Å². The second-order valence-electron chi connectivity index (χ2n) is 3.78. The monoisotopic (exact) mass is 289 g/mol. The third-order valence-electron chi connectivity index (χ3n) is 2.43. The lowest BCUT2D eigenvalue weighted by atomic mass is 10.1. The molecule has 0 aliphatic rings. The van der Waals surface area contributed by atoms with E-state index in [1.807, 2.05) is 0 Å². The van der Waals surface area contributed by atoms with Gasteiger partial charge in [0.25, 0.3) is 5.78 Å². The minimum atomic E-state index is -0.725. The van der Waals surface area contributed by atoms with Gasteiger partial charge < -0.3 is 4.74 Å². The first-order valence-corrected chi connectivity index (χ1v) is 6.78. The molecule has 2 aromatic rings. The lowest BCUT2D eigenvalue weighted by Crippen LogP contribution is -2.14. The average Bonchev–Trinajstić information content (AvgIpc) is 2.97. The lowest BCUT2D eigenvalue weighted by molar-refractivity contribution is 0.0520. The van der Waals surface area contributed by atoms with Crippen LogP contribution >= 0.6 is 11.3 Å². The minimum absolute atomic E-state index is 0.0121. The highest BCUT2D eigenvalue weighted by molar-refractivity contribution is 7.12.